The zero-order chi connectivity index (χ0) is 14.4. The number of nitrogens with zero attached hydrogens (tertiary/aromatic N) is 1. The van der Waals surface area contributed by atoms with Crippen LogP contribution in [0, 0.1) is 0 Å². The first-order valence-electron chi connectivity index (χ1n) is 6.37. The topological polar surface area (TPSA) is 46.5 Å². The van der Waals surface area contributed by atoms with Crippen LogP contribution in [0.5, 0.6) is 0 Å². The summed E-state index contributed by atoms with van der Waals surface area (Å²) < 4.78 is 0. The standard InChI is InChI=1S/C17H15NO2/c1-18-15-10-6-5-9-14(17(15)20)16(19)12-11-13-7-3-2-4-8-13/h2-9,11-12H,10H2,1H3/b12-11+,18-15?. The number of benzene rings is 1. The molecule has 0 spiro atoms. The van der Waals surface area contributed by atoms with Crippen molar-refractivity contribution in [3.8, 4) is 0 Å². The lowest BCUT2D eigenvalue weighted by atomic mass is 10.0. The third-order valence-electron chi connectivity index (χ3n) is 2.98. The Morgan fingerprint density at radius 2 is 2.00 bits per heavy atom. The lowest BCUT2D eigenvalue weighted by Gasteiger charge is -2.02. The van der Waals surface area contributed by atoms with Crippen LogP contribution in [-0.4, -0.2) is 24.3 Å². The molecule has 3 nitrogen and oxygen atoms in total. The summed E-state index contributed by atoms with van der Waals surface area (Å²) in [5, 5.41) is 0. The summed E-state index contributed by atoms with van der Waals surface area (Å²) in [5.41, 5.74) is 1.49. The van der Waals surface area contributed by atoms with Gasteiger partial charge in [-0.2, -0.15) is 0 Å². The monoisotopic (exact) mass is 265 g/mol. The third kappa shape index (κ3) is 3.26. The Morgan fingerprint density at radius 3 is 2.70 bits per heavy atom. The van der Waals surface area contributed by atoms with Gasteiger partial charge in [0.25, 0.3) is 0 Å². The van der Waals surface area contributed by atoms with Gasteiger partial charge in [0.2, 0.25) is 5.78 Å². The van der Waals surface area contributed by atoms with E-state index in [0.717, 1.165) is 5.56 Å². The summed E-state index contributed by atoms with van der Waals surface area (Å²) in [4.78, 5) is 28.2. The van der Waals surface area contributed by atoms with Gasteiger partial charge in [-0.15, -0.1) is 0 Å². The van der Waals surface area contributed by atoms with Crippen LogP contribution in [0.1, 0.15) is 12.0 Å². The molecule has 0 saturated heterocycles. The van der Waals surface area contributed by atoms with E-state index < -0.39 is 0 Å². The first-order valence-corrected chi connectivity index (χ1v) is 6.37. The van der Waals surface area contributed by atoms with Crippen molar-refractivity contribution in [3.63, 3.8) is 0 Å². The van der Waals surface area contributed by atoms with Crippen molar-refractivity contribution in [3.05, 3.63) is 65.8 Å². The number of Topliss-reactive ketones (excluding diaryl/α,β-unsaturated/α-hetero) is 1. The SMILES string of the molecule is CN=C1CC=CC=C(C(=O)/C=C/c2ccccc2)C1=O. The fourth-order valence-corrected chi connectivity index (χ4v) is 1.88. The molecule has 1 aliphatic carbocycles. The fraction of sp³-hybridized carbons (Fsp3) is 0.118. The van der Waals surface area contributed by atoms with Gasteiger partial charge in [-0.3, -0.25) is 14.6 Å². The van der Waals surface area contributed by atoms with Gasteiger partial charge in [0, 0.05) is 13.5 Å². The van der Waals surface area contributed by atoms with Crippen LogP contribution in [0.2, 0.25) is 0 Å². The minimum absolute atomic E-state index is 0.159. The van der Waals surface area contributed by atoms with Crippen LogP contribution in [0.4, 0.5) is 0 Å². The van der Waals surface area contributed by atoms with E-state index >= 15 is 0 Å². The molecule has 0 aliphatic heterocycles. The summed E-state index contributed by atoms with van der Waals surface area (Å²) in [7, 11) is 1.56. The maximum Gasteiger partial charge on any atom is 0.210 e. The predicted octanol–water partition coefficient (Wildman–Crippen LogP) is 2.80. The van der Waals surface area contributed by atoms with Gasteiger partial charge in [-0.25, -0.2) is 0 Å². The Balaban J connectivity index is 2.20. The van der Waals surface area contributed by atoms with Crippen LogP contribution < -0.4 is 0 Å². The van der Waals surface area contributed by atoms with Crippen molar-refractivity contribution >= 4 is 23.4 Å². The van der Waals surface area contributed by atoms with Gasteiger partial charge in [0.15, 0.2) is 5.78 Å². The molecule has 3 heteroatoms. The molecular weight excluding hydrogens is 250 g/mol. The van der Waals surface area contributed by atoms with E-state index in [0.29, 0.717) is 12.1 Å². The molecular formula is C17H15NO2. The maximum absolute atomic E-state index is 12.1. The molecule has 0 radical (unpaired) electrons. The zero-order valence-corrected chi connectivity index (χ0v) is 11.2. The van der Waals surface area contributed by atoms with Crippen molar-refractivity contribution in [2.24, 2.45) is 4.99 Å². The van der Waals surface area contributed by atoms with E-state index in [1.54, 1.807) is 25.3 Å². The second kappa shape index (κ2) is 6.57. The van der Waals surface area contributed by atoms with Gasteiger partial charge < -0.3 is 0 Å². The van der Waals surface area contributed by atoms with Gasteiger partial charge in [0.1, 0.15) is 0 Å². The molecule has 0 unspecified atom stereocenters. The van der Waals surface area contributed by atoms with E-state index in [4.69, 9.17) is 0 Å². The van der Waals surface area contributed by atoms with Gasteiger partial charge >= 0.3 is 0 Å². The second-order valence-corrected chi connectivity index (χ2v) is 4.32. The highest BCUT2D eigenvalue weighted by molar-refractivity contribution is 6.52. The molecule has 0 aromatic heterocycles. The zero-order valence-electron chi connectivity index (χ0n) is 11.2. The Hall–Kier alpha value is -2.55. The van der Waals surface area contributed by atoms with Gasteiger partial charge in [-0.05, 0) is 17.7 Å². The molecule has 20 heavy (non-hydrogen) atoms. The van der Waals surface area contributed by atoms with Crippen molar-refractivity contribution in [2.45, 2.75) is 6.42 Å². The molecule has 1 aromatic rings. The number of carbonyl (C=O) groups excluding carboxylic acids is 2. The summed E-state index contributed by atoms with van der Waals surface area (Å²) in [6.07, 6.45) is 8.68. The number of rotatable bonds is 3. The van der Waals surface area contributed by atoms with E-state index in [9.17, 15) is 9.59 Å². The molecule has 1 aliphatic rings. The number of aliphatic imine (C=N–C) groups is 1. The summed E-state index contributed by atoms with van der Waals surface area (Å²) in [6.45, 7) is 0. The largest absolute Gasteiger partial charge is 0.289 e. The Morgan fingerprint density at radius 1 is 1.25 bits per heavy atom. The number of hydrogen-bond donors (Lipinski definition) is 0. The van der Waals surface area contributed by atoms with Gasteiger partial charge in [-0.1, -0.05) is 48.6 Å². The summed E-state index contributed by atoms with van der Waals surface area (Å²) >= 11 is 0. The Labute approximate surface area is 118 Å². The number of ketones is 2. The molecule has 0 bridgehead atoms. The van der Waals surface area contributed by atoms with Gasteiger partial charge in [0.05, 0.1) is 11.3 Å². The second-order valence-electron chi connectivity index (χ2n) is 4.32. The molecule has 1 aromatic carbocycles. The number of allylic oxidation sites excluding steroid dienone is 5. The molecule has 0 heterocycles. The first kappa shape index (κ1) is 13.9. The fourth-order valence-electron chi connectivity index (χ4n) is 1.88. The molecule has 0 N–H and O–H groups in total. The van der Waals surface area contributed by atoms with Crippen molar-refractivity contribution in [1.29, 1.82) is 0 Å². The molecule has 0 atom stereocenters. The highest BCUT2D eigenvalue weighted by Gasteiger charge is 2.21. The van der Waals surface area contributed by atoms with Crippen LogP contribution >= 0.6 is 0 Å². The molecule has 2 rings (SSSR count). The van der Waals surface area contributed by atoms with Crippen LogP contribution in [-0.2, 0) is 9.59 Å². The maximum atomic E-state index is 12.1. The summed E-state index contributed by atoms with van der Waals surface area (Å²) in [6, 6.07) is 9.48. The molecule has 0 saturated carbocycles. The van der Waals surface area contributed by atoms with Crippen molar-refractivity contribution < 1.29 is 9.59 Å². The van der Waals surface area contributed by atoms with E-state index in [1.807, 2.05) is 36.4 Å². The minimum atomic E-state index is -0.299. The van der Waals surface area contributed by atoms with E-state index in [2.05, 4.69) is 4.99 Å². The van der Waals surface area contributed by atoms with Crippen LogP contribution in [0.25, 0.3) is 6.08 Å². The Kier molecular flexibility index (Phi) is 4.56. The van der Waals surface area contributed by atoms with E-state index in [1.165, 1.54) is 6.08 Å². The lowest BCUT2D eigenvalue weighted by molar-refractivity contribution is -0.116. The average molecular weight is 265 g/mol. The third-order valence-corrected chi connectivity index (χ3v) is 2.98. The average Bonchev–Trinajstić information content (AvgIpc) is 2.67. The highest BCUT2D eigenvalue weighted by atomic mass is 16.1. The minimum Gasteiger partial charge on any atom is -0.289 e. The number of carbonyl (C=O) groups is 2. The smallest absolute Gasteiger partial charge is 0.210 e. The molecule has 0 amide bonds. The van der Waals surface area contributed by atoms with Crippen LogP contribution in [0.3, 0.4) is 0 Å². The number of hydrogen-bond acceptors (Lipinski definition) is 3. The van der Waals surface area contributed by atoms with Crippen molar-refractivity contribution in [2.75, 3.05) is 7.05 Å². The van der Waals surface area contributed by atoms with E-state index in [-0.39, 0.29) is 17.1 Å². The summed E-state index contributed by atoms with van der Waals surface area (Å²) in [5.74, 6) is -0.591. The highest BCUT2D eigenvalue weighted by Crippen LogP contribution is 2.11. The Bertz CT molecular complexity index is 634. The predicted molar refractivity (Wildman–Crippen MR) is 80.7 cm³/mol. The quantitative estimate of drug-likeness (QED) is 0.623. The lowest BCUT2D eigenvalue weighted by Crippen LogP contribution is -2.19. The normalized spacial score (nSPS) is 17.4. The molecule has 100 valence electrons. The first-order chi connectivity index (χ1) is 9.72. The van der Waals surface area contributed by atoms with Crippen LogP contribution in [0.15, 0.2) is 65.2 Å². The molecule has 0 fully saturated rings. The van der Waals surface area contributed by atoms with Crippen molar-refractivity contribution in [1.82, 2.24) is 0 Å².